The average Bonchev–Trinajstić information content (AvgIpc) is 2.59. The molecule has 1 aliphatic rings. The maximum Gasteiger partial charge on any atom is 0.269 e. The highest BCUT2D eigenvalue weighted by Crippen LogP contribution is 2.25. The molecule has 25 heavy (non-hydrogen) atoms. The van der Waals surface area contributed by atoms with Gasteiger partial charge >= 0.3 is 0 Å². The monoisotopic (exact) mass is 342 g/mol. The van der Waals surface area contributed by atoms with Crippen LogP contribution in [0.4, 0.5) is 5.82 Å². The third kappa shape index (κ3) is 4.45. The molecule has 2 aromatic rings. The van der Waals surface area contributed by atoms with Crippen LogP contribution in [0.1, 0.15) is 24.3 Å². The first-order chi connectivity index (χ1) is 11.9. The van der Waals surface area contributed by atoms with E-state index in [0.29, 0.717) is 25.5 Å². The Hall–Kier alpha value is -2.67. The number of nitrogens with two attached hydrogens (primary N) is 1. The number of hydrogen-bond donors (Lipinski definition) is 1. The Morgan fingerprint density at radius 1 is 1.28 bits per heavy atom. The summed E-state index contributed by atoms with van der Waals surface area (Å²) in [4.78, 5) is 13.2. The molecule has 2 heterocycles. The molecular weight excluding hydrogens is 320 g/mol. The van der Waals surface area contributed by atoms with E-state index in [1.54, 1.807) is 12.1 Å². The molecule has 1 amide bonds. The number of benzene rings is 1. The van der Waals surface area contributed by atoms with Gasteiger partial charge < -0.3 is 20.1 Å². The first kappa shape index (κ1) is 17.2. The van der Waals surface area contributed by atoms with Crippen molar-refractivity contribution in [2.45, 2.75) is 25.6 Å². The van der Waals surface area contributed by atoms with Gasteiger partial charge in [-0.15, -0.1) is 10.2 Å². The van der Waals surface area contributed by atoms with Crippen molar-refractivity contribution in [1.82, 2.24) is 10.2 Å². The quantitative estimate of drug-likeness (QED) is 0.888. The zero-order valence-electron chi connectivity index (χ0n) is 14.4. The molecule has 1 aromatic carbocycles. The second kappa shape index (κ2) is 7.06. The van der Waals surface area contributed by atoms with Gasteiger partial charge in [-0.3, -0.25) is 4.79 Å². The number of nitrogens with zero attached hydrogens (tertiary/aromatic N) is 3. The molecule has 3 rings (SSSR count). The molecule has 0 saturated carbocycles. The molecule has 1 fully saturated rings. The minimum Gasteiger partial charge on any atom is -0.491 e. The van der Waals surface area contributed by atoms with Crippen LogP contribution in [0.25, 0.3) is 0 Å². The predicted molar refractivity (Wildman–Crippen MR) is 93.7 cm³/mol. The van der Waals surface area contributed by atoms with Crippen LogP contribution in [0.5, 0.6) is 5.75 Å². The first-order valence-corrected chi connectivity index (χ1v) is 8.17. The highest BCUT2D eigenvalue weighted by atomic mass is 16.5. The summed E-state index contributed by atoms with van der Waals surface area (Å²) >= 11 is 0. The van der Waals surface area contributed by atoms with E-state index >= 15 is 0 Å². The van der Waals surface area contributed by atoms with E-state index in [0.717, 1.165) is 5.75 Å². The smallest absolute Gasteiger partial charge is 0.269 e. The zero-order chi connectivity index (χ0) is 17.9. The summed E-state index contributed by atoms with van der Waals surface area (Å²) < 4.78 is 11.9. The van der Waals surface area contributed by atoms with Gasteiger partial charge in [-0.2, -0.15) is 0 Å². The van der Waals surface area contributed by atoms with Gasteiger partial charge in [0.05, 0.1) is 5.60 Å². The molecule has 1 saturated heterocycles. The van der Waals surface area contributed by atoms with Gasteiger partial charge in [-0.1, -0.05) is 18.2 Å². The van der Waals surface area contributed by atoms with E-state index < -0.39 is 5.91 Å². The van der Waals surface area contributed by atoms with Crippen LogP contribution >= 0.6 is 0 Å². The van der Waals surface area contributed by atoms with Gasteiger partial charge in [0.15, 0.2) is 11.5 Å². The van der Waals surface area contributed by atoms with Crippen molar-refractivity contribution in [2.75, 3.05) is 24.6 Å². The number of morpholine rings is 1. The van der Waals surface area contributed by atoms with Gasteiger partial charge in [0.2, 0.25) is 0 Å². The van der Waals surface area contributed by atoms with E-state index in [9.17, 15) is 4.79 Å². The van der Waals surface area contributed by atoms with Crippen molar-refractivity contribution in [3.8, 4) is 5.75 Å². The summed E-state index contributed by atoms with van der Waals surface area (Å²) in [6.07, 6.45) is -0.110. The second-order valence-corrected chi connectivity index (χ2v) is 6.65. The summed E-state index contributed by atoms with van der Waals surface area (Å²) in [7, 11) is 0. The van der Waals surface area contributed by atoms with Crippen molar-refractivity contribution < 1.29 is 14.3 Å². The molecule has 2 N–H and O–H groups in total. The standard InChI is InChI=1S/C18H22N4O3/c1-18(2)12-22(16-9-8-15(17(19)23)20-21-16)10-14(25-18)11-24-13-6-4-3-5-7-13/h3-9,14H,10-12H2,1-2H3,(H2,19,23). The third-order valence-electron chi connectivity index (χ3n) is 3.89. The molecule has 132 valence electrons. The van der Waals surface area contributed by atoms with Crippen LogP contribution in [0.2, 0.25) is 0 Å². The minimum absolute atomic E-state index is 0.110. The van der Waals surface area contributed by atoms with Crippen LogP contribution in [-0.4, -0.2) is 47.5 Å². The zero-order valence-corrected chi connectivity index (χ0v) is 14.4. The number of hydrogen-bond acceptors (Lipinski definition) is 6. The van der Waals surface area contributed by atoms with E-state index in [-0.39, 0.29) is 17.4 Å². The lowest BCUT2D eigenvalue weighted by Gasteiger charge is -2.43. The fraction of sp³-hybridized carbons (Fsp3) is 0.389. The van der Waals surface area contributed by atoms with E-state index in [1.807, 2.05) is 44.2 Å². The van der Waals surface area contributed by atoms with Crippen LogP contribution < -0.4 is 15.4 Å². The Balaban J connectivity index is 1.69. The Labute approximate surface area is 146 Å². The van der Waals surface area contributed by atoms with Gasteiger partial charge in [0, 0.05) is 13.1 Å². The van der Waals surface area contributed by atoms with Gasteiger partial charge in [0.25, 0.3) is 5.91 Å². The number of aromatic nitrogens is 2. The lowest BCUT2D eigenvalue weighted by atomic mass is 10.1. The van der Waals surface area contributed by atoms with Crippen molar-refractivity contribution >= 4 is 11.7 Å². The largest absolute Gasteiger partial charge is 0.491 e. The molecule has 7 nitrogen and oxygen atoms in total. The van der Waals surface area contributed by atoms with Crippen LogP contribution in [0, 0.1) is 0 Å². The second-order valence-electron chi connectivity index (χ2n) is 6.65. The van der Waals surface area contributed by atoms with Gasteiger partial charge in [-0.25, -0.2) is 0 Å². The first-order valence-electron chi connectivity index (χ1n) is 8.17. The average molecular weight is 342 g/mol. The van der Waals surface area contributed by atoms with Crippen molar-refractivity contribution in [3.05, 3.63) is 48.2 Å². The van der Waals surface area contributed by atoms with E-state index in [1.165, 1.54) is 0 Å². The summed E-state index contributed by atoms with van der Waals surface area (Å²) in [5.41, 5.74) is 5.01. The Bertz CT molecular complexity index is 719. The Kier molecular flexibility index (Phi) is 4.85. The Morgan fingerprint density at radius 3 is 2.68 bits per heavy atom. The summed E-state index contributed by atoms with van der Waals surface area (Å²) in [6, 6.07) is 13.0. The Morgan fingerprint density at radius 2 is 2.04 bits per heavy atom. The fourth-order valence-electron chi connectivity index (χ4n) is 2.89. The molecule has 0 bridgehead atoms. The van der Waals surface area contributed by atoms with E-state index in [4.69, 9.17) is 15.2 Å². The minimum atomic E-state index is -0.588. The number of ether oxygens (including phenoxy) is 2. The number of rotatable bonds is 5. The third-order valence-corrected chi connectivity index (χ3v) is 3.89. The molecule has 0 radical (unpaired) electrons. The molecule has 0 aliphatic carbocycles. The number of anilines is 1. The topological polar surface area (TPSA) is 90.6 Å². The predicted octanol–water partition coefficient (Wildman–Crippen LogP) is 1.64. The lowest BCUT2D eigenvalue weighted by molar-refractivity contribution is -0.0972. The SMILES string of the molecule is CC1(C)CN(c2ccc(C(N)=O)nn2)CC(COc2ccccc2)O1. The maximum absolute atomic E-state index is 11.1. The molecule has 1 aromatic heterocycles. The van der Waals surface area contributed by atoms with Crippen molar-refractivity contribution in [3.63, 3.8) is 0 Å². The maximum atomic E-state index is 11.1. The summed E-state index contributed by atoms with van der Waals surface area (Å²) in [5.74, 6) is 0.910. The number of carbonyl (C=O) groups is 1. The lowest BCUT2D eigenvalue weighted by Crippen LogP contribution is -2.54. The van der Waals surface area contributed by atoms with Crippen molar-refractivity contribution in [2.24, 2.45) is 5.73 Å². The number of amides is 1. The van der Waals surface area contributed by atoms with Gasteiger partial charge in [-0.05, 0) is 38.1 Å². The molecule has 1 atom stereocenters. The van der Waals surface area contributed by atoms with Crippen molar-refractivity contribution in [1.29, 1.82) is 0 Å². The summed E-state index contributed by atoms with van der Waals surface area (Å²) in [6.45, 7) is 5.79. The normalized spacial score (nSPS) is 19.4. The molecule has 1 aliphatic heterocycles. The number of carbonyl (C=O) groups excluding carboxylic acids is 1. The molecular formula is C18H22N4O3. The van der Waals surface area contributed by atoms with E-state index in [2.05, 4.69) is 15.1 Å². The number of para-hydroxylation sites is 1. The highest BCUT2D eigenvalue weighted by molar-refractivity contribution is 5.90. The van der Waals surface area contributed by atoms with Crippen LogP contribution in [0.15, 0.2) is 42.5 Å². The highest BCUT2D eigenvalue weighted by Gasteiger charge is 2.34. The number of primary amides is 1. The molecule has 7 heteroatoms. The summed E-state index contributed by atoms with van der Waals surface area (Å²) in [5, 5.41) is 8.00. The van der Waals surface area contributed by atoms with Crippen LogP contribution in [0.3, 0.4) is 0 Å². The van der Waals surface area contributed by atoms with Gasteiger partial charge in [0.1, 0.15) is 18.5 Å². The molecule has 0 spiro atoms. The molecule has 1 unspecified atom stereocenters. The van der Waals surface area contributed by atoms with Crippen LogP contribution in [-0.2, 0) is 4.74 Å². The fourth-order valence-corrected chi connectivity index (χ4v) is 2.89.